The molecule has 0 unspecified atom stereocenters. The zero-order chi connectivity index (χ0) is 25.7. The minimum absolute atomic E-state index is 0.00248. The maximum absolute atomic E-state index is 12.5. The molecule has 3 aromatic carbocycles. The van der Waals surface area contributed by atoms with Crippen molar-refractivity contribution in [2.45, 2.75) is 20.0 Å². The molecule has 1 heterocycles. The van der Waals surface area contributed by atoms with E-state index in [9.17, 15) is 14.9 Å². The van der Waals surface area contributed by atoms with Crippen LogP contribution in [0, 0.1) is 10.1 Å². The molecule has 1 saturated heterocycles. The van der Waals surface area contributed by atoms with Gasteiger partial charge < -0.3 is 14.8 Å². The summed E-state index contributed by atoms with van der Waals surface area (Å²) in [6.45, 7) is 2.21. The van der Waals surface area contributed by atoms with Gasteiger partial charge in [-0.3, -0.25) is 14.9 Å². The maximum Gasteiger partial charge on any atom is 0.269 e. The molecule has 10 heteroatoms. The molecule has 8 nitrogen and oxygen atoms in total. The van der Waals surface area contributed by atoms with Gasteiger partial charge in [0.25, 0.3) is 11.6 Å². The first kappa shape index (κ1) is 25.5. The second-order valence-electron chi connectivity index (χ2n) is 7.75. The molecule has 3 aromatic rings. The summed E-state index contributed by atoms with van der Waals surface area (Å²) in [4.78, 5) is 28.1. The number of amidine groups is 1. The van der Waals surface area contributed by atoms with E-state index in [0.717, 1.165) is 17.7 Å². The van der Waals surface area contributed by atoms with Crippen LogP contribution in [0.3, 0.4) is 0 Å². The Morgan fingerprint density at radius 1 is 1.14 bits per heavy atom. The van der Waals surface area contributed by atoms with Crippen molar-refractivity contribution in [3.63, 3.8) is 0 Å². The molecular weight excluding hydrogens is 546 g/mol. The molecule has 4 rings (SSSR count). The number of thioether (sulfide) groups is 1. The first-order chi connectivity index (χ1) is 17.4. The van der Waals surface area contributed by atoms with Gasteiger partial charge in [0.1, 0.15) is 6.61 Å². The van der Waals surface area contributed by atoms with E-state index in [-0.39, 0.29) is 18.2 Å². The Kier molecular flexibility index (Phi) is 8.07. The lowest BCUT2D eigenvalue weighted by atomic mass is 10.1. The van der Waals surface area contributed by atoms with Crippen LogP contribution in [0.2, 0.25) is 0 Å². The summed E-state index contributed by atoms with van der Waals surface area (Å²) in [5, 5.41) is 14.3. The van der Waals surface area contributed by atoms with Gasteiger partial charge in [0.2, 0.25) is 0 Å². The molecule has 184 valence electrons. The van der Waals surface area contributed by atoms with Crippen molar-refractivity contribution in [1.82, 2.24) is 5.32 Å². The van der Waals surface area contributed by atoms with Crippen LogP contribution in [0.1, 0.15) is 23.6 Å². The third-order valence-corrected chi connectivity index (χ3v) is 6.78. The van der Waals surface area contributed by atoms with Crippen molar-refractivity contribution in [2.75, 3.05) is 7.11 Å². The Morgan fingerprint density at radius 3 is 2.61 bits per heavy atom. The van der Waals surface area contributed by atoms with Gasteiger partial charge in [-0.05, 0) is 81.1 Å². The topological polar surface area (TPSA) is 103 Å². The number of ether oxygens (including phenoxy) is 2. The normalized spacial score (nSPS) is 15.2. The van der Waals surface area contributed by atoms with Gasteiger partial charge in [-0.2, -0.15) is 0 Å². The lowest BCUT2D eigenvalue weighted by Gasteiger charge is -2.14. The fourth-order valence-electron chi connectivity index (χ4n) is 3.43. The highest BCUT2D eigenvalue weighted by molar-refractivity contribution is 9.10. The third kappa shape index (κ3) is 6.13. The van der Waals surface area contributed by atoms with E-state index < -0.39 is 4.92 Å². The number of carbonyl (C=O) groups excluding carboxylic acids is 1. The molecule has 1 N–H and O–H groups in total. The summed E-state index contributed by atoms with van der Waals surface area (Å²) >= 11 is 4.77. The van der Waals surface area contributed by atoms with E-state index in [4.69, 9.17) is 9.47 Å². The number of rotatable bonds is 8. The van der Waals surface area contributed by atoms with Crippen molar-refractivity contribution >= 4 is 56.2 Å². The second kappa shape index (κ2) is 11.4. The smallest absolute Gasteiger partial charge is 0.269 e. The van der Waals surface area contributed by atoms with Gasteiger partial charge in [-0.15, -0.1) is 0 Å². The number of carbonyl (C=O) groups is 1. The van der Waals surface area contributed by atoms with Crippen molar-refractivity contribution in [1.29, 1.82) is 0 Å². The molecule has 0 spiro atoms. The van der Waals surface area contributed by atoms with Gasteiger partial charge in [-0.1, -0.05) is 31.2 Å². The van der Waals surface area contributed by atoms with Gasteiger partial charge in [-0.25, -0.2) is 4.99 Å². The number of nitro groups is 1. The van der Waals surface area contributed by atoms with Crippen molar-refractivity contribution in [2.24, 2.45) is 4.99 Å². The quantitative estimate of drug-likeness (QED) is 0.192. The largest absolute Gasteiger partial charge is 0.493 e. The standard InChI is InChI=1S/C26H22BrN3O5S/c1-3-16-7-9-19(10-8-16)28-26-29-25(31)23(36-26)14-18-12-21(27)24(22(13-18)34-2)35-15-17-5-4-6-20(11-17)30(32)33/h4-14H,3,15H2,1-2H3,(H,28,29,31)/b23-14-. The predicted molar refractivity (Wildman–Crippen MR) is 145 cm³/mol. The van der Waals surface area contributed by atoms with Crippen LogP contribution in [-0.2, 0) is 17.8 Å². The van der Waals surface area contributed by atoms with E-state index in [2.05, 4.69) is 33.2 Å². The number of aliphatic imine (C=N–C) groups is 1. The number of hydrogen-bond acceptors (Lipinski definition) is 7. The zero-order valence-electron chi connectivity index (χ0n) is 19.5. The first-order valence-electron chi connectivity index (χ1n) is 11.0. The summed E-state index contributed by atoms with van der Waals surface area (Å²) in [7, 11) is 1.52. The first-order valence-corrected chi connectivity index (χ1v) is 12.6. The Labute approximate surface area is 220 Å². The lowest BCUT2D eigenvalue weighted by molar-refractivity contribution is -0.384. The molecule has 0 saturated carbocycles. The number of halogens is 1. The maximum atomic E-state index is 12.5. The van der Waals surface area contributed by atoms with Crippen LogP contribution in [0.25, 0.3) is 6.08 Å². The van der Waals surface area contributed by atoms with Gasteiger partial charge in [0.05, 0.1) is 27.1 Å². The molecule has 1 fully saturated rings. The number of aryl methyl sites for hydroxylation is 1. The van der Waals surface area contributed by atoms with Gasteiger partial charge in [0.15, 0.2) is 16.7 Å². The van der Waals surface area contributed by atoms with E-state index in [1.54, 1.807) is 24.3 Å². The van der Waals surface area contributed by atoms with Crippen LogP contribution in [0.15, 0.2) is 75.0 Å². The highest BCUT2D eigenvalue weighted by Crippen LogP contribution is 2.39. The molecule has 0 aromatic heterocycles. The van der Waals surface area contributed by atoms with Crippen molar-refractivity contribution in [3.05, 3.63) is 96.8 Å². The monoisotopic (exact) mass is 567 g/mol. The molecule has 1 aliphatic rings. The molecule has 1 amide bonds. The van der Waals surface area contributed by atoms with E-state index in [1.165, 1.54) is 36.6 Å². The SMILES string of the molecule is CCc1ccc(N=C2NC(=O)/C(=C/c3cc(Br)c(OCc4cccc([N+](=O)[O-])c4)c(OC)c3)S2)cc1. The van der Waals surface area contributed by atoms with Gasteiger partial charge in [0, 0.05) is 12.1 Å². The second-order valence-corrected chi connectivity index (χ2v) is 9.64. The molecule has 0 bridgehead atoms. The minimum Gasteiger partial charge on any atom is -0.493 e. The lowest BCUT2D eigenvalue weighted by Crippen LogP contribution is -2.19. The van der Waals surface area contributed by atoms with Gasteiger partial charge >= 0.3 is 0 Å². The molecule has 0 atom stereocenters. The fraction of sp³-hybridized carbons (Fsp3) is 0.154. The van der Waals surface area contributed by atoms with E-state index in [0.29, 0.717) is 31.6 Å². The summed E-state index contributed by atoms with van der Waals surface area (Å²) in [6.07, 6.45) is 2.70. The Hall–Kier alpha value is -3.63. The van der Waals surface area contributed by atoms with Crippen LogP contribution >= 0.6 is 27.7 Å². The summed E-state index contributed by atoms with van der Waals surface area (Å²) in [6, 6.07) is 17.7. The molecule has 36 heavy (non-hydrogen) atoms. The average Bonchev–Trinajstić information content (AvgIpc) is 3.21. The van der Waals surface area contributed by atoms with Crippen LogP contribution in [-0.4, -0.2) is 23.1 Å². The minimum atomic E-state index is -0.447. The highest BCUT2D eigenvalue weighted by atomic mass is 79.9. The number of non-ortho nitro benzene ring substituents is 1. The summed E-state index contributed by atoms with van der Waals surface area (Å²) in [5.74, 6) is 0.674. The van der Waals surface area contributed by atoms with Crippen LogP contribution in [0.4, 0.5) is 11.4 Å². The summed E-state index contributed by atoms with van der Waals surface area (Å²) in [5.41, 5.74) is 3.37. The molecule has 1 aliphatic heterocycles. The fourth-order valence-corrected chi connectivity index (χ4v) is 4.85. The molecular formula is C26H22BrN3O5S. The Bertz CT molecular complexity index is 1370. The Balaban J connectivity index is 1.51. The third-order valence-electron chi connectivity index (χ3n) is 5.28. The summed E-state index contributed by atoms with van der Waals surface area (Å²) < 4.78 is 12.0. The number of hydrogen-bond donors (Lipinski definition) is 1. The highest BCUT2D eigenvalue weighted by Gasteiger charge is 2.24. The van der Waals surface area contributed by atoms with E-state index in [1.807, 2.05) is 30.3 Å². The van der Waals surface area contributed by atoms with Crippen molar-refractivity contribution < 1.29 is 19.2 Å². The average molecular weight is 568 g/mol. The predicted octanol–water partition coefficient (Wildman–Crippen LogP) is 6.40. The Morgan fingerprint density at radius 2 is 1.92 bits per heavy atom. The van der Waals surface area contributed by atoms with Crippen LogP contribution in [0.5, 0.6) is 11.5 Å². The molecule has 0 aliphatic carbocycles. The van der Waals surface area contributed by atoms with Crippen LogP contribution < -0.4 is 14.8 Å². The number of amides is 1. The number of methoxy groups -OCH3 is 1. The molecule has 0 radical (unpaired) electrons. The van der Waals surface area contributed by atoms with E-state index >= 15 is 0 Å². The zero-order valence-corrected chi connectivity index (χ0v) is 21.9. The number of nitrogens with zero attached hydrogens (tertiary/aromatic N) is 2. The van der Waals surface area contributed by atoms with Crippen molar-refractivity contribution in [3.8, 4) is 11.5 Å². The number of nitrogens with one attached hydrogen (secondary N) is 1. The number of benzene rings is 3. The number of nitro benzene ring substituents is 1.